The number of benzene rings is 7. The molecule has 0 amide bonds. The molecular weight excluding hydrogens is 678 g/mol. The Bertz CT molecular complexity index is 2630. The monoisotopic (exact) mass is 706 g/mol. The van der Waals surface area contributed by atoms with Crippen LogP contribution in [0.15, 0.2) is 181 Å². The smallest absolute Gasteiger partial charge is 0.192 e. The van der Waals surface area contributed by atoms with Crippen LogP contribution in [0.1, 0.15) is 22.3 Å². The molecule has 0 aromatic heterocycles. The first-order valence-electron chi connectivity index (χ1n) is 18.4. The van der Waals surface area contributed by atoms with E-state index in [1.807, 2.05) is 78.9 Å². The summed E-state index contributed by atoms with van der Waals surface area (Å²) in [7, 11) is 0. The Morgan fingerprint density at radius 3 is 0.875 bits per heavy atom. The molecule has 0 aliphatic heterocycles. The summed E-state index contributed by atoms with van der Waals surface area (Å²) in [4.78, 5) is 0. The van der Waals surface area contributed by atoms with Crippen LogP contribution < -0.4 is 32.8 Å². The van der Waals surface area contributed by atoms with Crippen molar-refractivity contribution in [1.29, 1.82) is 21.0 Å². The maximum atomic E-state index is 10.4. The molecule has 254 valence electrons. The largest absolute Gasteiger partial charge is 0.241 e. The van der Waals surface area contributed by atoms with Crippen molar-refractivity contribution in [3.05, 3.63) is 203 Å². The van der Waals surface area contributed by atoms with Crippen LogP contribution in [0.3, 0.4) is 0 Å². The molecule has 0 saturated heterocycles. The molecule has 7 aromatic rings. The number of fused-ring (bicyclic) bond motifs is 6. The van der Waals surface area contributed by atoms with Crippen LogP contribution in [-0.2, 0) is 0 Å². The highest BCUT2D eigenvalue weighted by molar-refractivity contribution is 6.96. The second-order valence-corrected chi connectivity index (χ2v) is 14.0. The molecule has 4 nitrogen and oxygen atoms in total. The maximum absolute atomic E-state index is 10.4. The lowest BCUT2D eigenvalue weighted by Crippen LogP contribution is -2.52. The Balaban J connectivity index is 1.25. The van der Waals surface area contributed by atoms with Gasteiger partial charge in [0.05, 0.1) is 0 Å². The Morgan fingerprint density at radius 1 is 0.286 bits per heavy atom. The minimum atomic E-state index is -0.0784. The van der Waals surface area contributed by atoms with Crippen molar-refractivity contribution in [3.63, 3.8) is 0 Å². The van der Waals surface area contributed by atoms with Crippen molar-refractivity contribution < 1.29 is 0 Å². The molecule has 0 radical (unpaired) electrons. The number of nitriles is 4. The highest BCUT2D eigenvalue weighted by Gasteiger charge is 2.35. The zero-order valence-corrected chi connectivity index (χ0v) is 30.1. The van der Waals surface area contributed by atoms with E-state index in [9.17, 15) is 21.0 Å². The van der Waals surface area contributed by atoms with E-state index >= 15 is 0 Å². The van der Waals surface area contributed by atoms with Crippen LogP contribution in [0.4, 0.5) is 0 Å². The van der Waals surface area contributed by atoms with E-state index in [0.717, 1.165) is 77.3 Å². The van der Waals surface area contributed by atoms with Gasteiger partial charge in [-0.2, -0.15) is 21.0 Å². The Labute approximate surface area is 327 Å². The van der Waals surface area contributed by atoms with Gasteiger partial charge in [0.15, 0.2) is 0 Å². The molecule has 0 fully saturated rings. The van der Waals surface area contributed by atoms with Gasteiger partial charge in [-0.3, -0.25) is 0 Å². The summed E-state index contributed by atoms with van der Waals surface area (Å²) in [6.07, 6.45) is 0. The molecule has 0 atom stereocenters. The summed E-state index contributed by atoms with van der Waals surface area (Å²) in [5.41, 5.74) is 14.5. The van der Waals surface area contributed by atoms with Crippen LogP contribution in [0.2, 0.25) is 0 Å². The van der Waals surface area contributed by atoms with Crippen LogP contribution in [0, 0.1) is 45.3 Å². The van der Waals surface area contributed by atoms with Gasteiger partial charge in [-0.15, -0.1) is 0 Å². The van der Waals surface area contributed by atoms with Crippen LogP contribution in [0.5, 0.6) is 0 Å². The second kappa shape index (κ2) is 14.2. The Morgan fingerprint density at radius 2 is 0.571 bits per heavy atom. The molecular formula is C50H28B2N4. The van der Waals surface area contributed by atoms with E-state index in [-0.39, 0.29) is 24.6 Å². The minimum Gasteiger partial charge on any atom is -0.192 e. The van der Waals surface area contributed by atoms with Crippen molar-refractivity contribution in [2.24, 2.45) is 0 Å². The van der Waals surface area contributed by atoms with Gasteiger partial charge in [-0.25, -0.2) is 0 Å². The molecule has 6 heteroatoms. The maximum Gasteiger partial charge on any atom is 0.241 e. The van der Waals surface area contributed by atoms with Gasteiger partial charge in [0, 0.05) is 11.1 Å². The first-order chi connectivity index (χ1) is 27.6. The fourth-order valence-electron chi connectivity index (χ4n) is 8.66. The lowest BCUT2D eigenvalue weighted by molar-refractivity contribution is 1.45. The van der Waals surface area contributed by atoms with Crippen molar-refractivity contribution in [2.75, 3.05) is 0 Å². The predicted octanol–water partition coefficient (Wildman–Crippen LogP) is 6.38. The number of hydrogen-bond acceptors (Lipinski definition) is 4. The molecule has 0 spiro atoms. The van der Waals surface area contributed by atoms with E-state index in [1.54, 1.807) is 0 Å². The number of hydrogen-bond donors (Lipinski definition) is 0. The first kappa shape index (κ1) is 33.9. The number of nitrogens with zero attached hydrogens (tertiary/aromatic N) is 4. The van der Waals surface area contributed by atoms with Gasteiger partial charge < -0.3 is 0 Å². The third kappa shape index (κ3) is 5.54. The highest BCUT2D eigenvalue weighted by atomic mass is 14.4. The molecule has 2 aliphatic rings. The summed E-state index contributed by atoms with van der Waals surface area (Å²) < 4.78 is 0. The van der Waals surface area contributed by atoms with E-state index in [2.05, 4.69) is 115 Å². The molecule has 2 aliphatic carbocycles. The van der Waals surface area contributed by atoms with Crippen molar-refractivity contribution in [2.45, 2.75) is 0 Å². The molecule has 0 saturated carbocycles. The third-order valence-electron chi connectivity index (χ3n) is 11.0. The highest BCUT2D eigenvalue weighted by Crippen LogP contribution is 2.53. The van der Waals surface area contributed by atoms with Crippen LogP contribution in [0.25, 0.3) is 33.4 Å². The van der Waals surface area contributed by atoms with Gasteiger partial charge in [-0.05, 0) is 56.6 Å². The van der Waals surface area contributed by atoms with Crippen molar-refractivity contribution >= 4 is 57.3 Å². The lowest BCUT2D eigenvalue weighted by Gasteiger charge is -2.17. The van der Waals surface area contributed by atoms with Crippen molar-refractivity contribution in [3.8, 4) is 46.5 Å². The molecule has 9 rings (SSSR count). The first-order valence-corrected chi connectivity index (χ1v) is 18.4. The molecule has 7 aromatic carbocycles. The average Bonchev–Trinajstić information content (AvgIpc) is 3.74. The normalized spacial score (nSPS) is 11.4. The van der Waals surface area contributed by atoms with Gasteiger partial charge in [0.25, 0.3) is 0 Å². The van der Waals surface area contributed by atoms with Gasteiger partial charge in [-0.1, -0.05) is 191 Å². The fourth-order valence-corrected chi connectivity index (χ4v) is 8.66. The van der Waals surface area contributed by atoms with E-state index in [0.29, 0.717) is 11.1 Å². The average molecular weight is 706 g/mol. The molecule has 0 bridgehead atoms. The Kier molecular flexibility index (Phi) is 8.57. The minimum absolute atomic E-state index is 0.00996. The van der Waals surface area contributed by atoms with Gasteiger partial charge >= 0.3 is 0 Å². The number of rotatable bonds is 6. The molecule has 56 heavy (non-hydrogen) atoms. The van der Waals surface area contributed by atoms with E-state index < -0.39 is 0 Å². The second-order valence-electron chi connectivity index (χ2n) is 14.0. The Hall–Kier alpha value is -7.89. The quantitative estimate of drug-likeness (QED) is 0.148. The predicted molar refractivity (Wildman–Crippen MR) is 227 cm³/mol. The summed E-state index contributed by atoms with van der Waals surface area (Å²) in [6, 6.07) is 66.9. The fraction of sp³-hybridized carbons (Fsp3) is 0. The van der Waals surface area contributed by atoms with Crippen LogP contribution >= 0.6 is 0 Å². The molecule has 0 N–H and O–H groups in total. The summed E-state index contributed by atoms with van der Waals surface area (Å²) in [5, 5.41) is 41.5. The zero-order chi connectivity index (χ0) is 38.2. The molecule has 0 unspecified atom stereocenters. The van der Waals surface area contributed by atoms with Gasteiger partial charge in [0.2, 0.25) is 13.4 Å². The van der Waals surface area contributed by atoms with E-state index in [1.165, 1.54) is 0 Å². The lowest BCUT2D eigenvalue weighted by atomic mass is 9.36. The summed E-state index contributed by atoms with van der Waals surface area (Å²) in [6.45, 7) is -0.157. The van der Waals surface area contributed by atoms with Gasteiger partial charge in [0.1, 0.15) is 35.4 Å². The summed E-state index contributed by atoms with van der Waals surface area (Å²) in [5.74, 6) is 0. The number of allylic oxidation sites excluding steroid dienone is 2. The SMILES string of the molecule is N#CC(C#N)=C1c2cc(B(c3ccccc3)c3ccccc3)ccc2-c2cc3c(cc21)C(=C(C#N)C#N)c1cc(B(c2ccccc2)c2ccccc2)ccc1-3. The standard InChI is InChI=1S/C50H28B2N4/c53-29-33(30-54)49-45-25-39(51(35-13-5-1-6-14-35)36-15-7-2-8-16-36)21-23-41(45)43-27-44-42-24-22-40(26-46(42)50(34(31-55)32-56)48(44)28-47(43)49)52(37-17-9-3-10-18-37)38-19-11-4-12-20-38/h1-28H. The third-order valence-corrected chi connectivity index (χ3v) is 11.0. The molecule has 0 heterocycles. The topological polar surface area (TPSA) is 95.2 Å². The van der Waals surface area contributed by atoms with Crippen LogP contribution in [-0.4, -0.2) is 13.4 Å². The zero-order valence-electron chi connectivity index (χ0n) is 30.1. The van der Waals surface area contributed by atoms with E-state index in [4.69, 9.17) is 0 Å². The van der Waals surface area contributed by atoms with Crippen molar-refractivity contribution in [1.82, 2.24) is 0 Å². The summed E-state index contributed by atoms with van der Waals surface area (Å²) >= 11 is 0.